The number of rotatable bonds is 4. The molecule has 2 aromatic heterocycles. The van der Waals surface area contributed by atoms with Gasteiger partial charge in [-0.2, -0.15) is 0 Å². The highest BCUT2D eigenvalue weighted by Gasteiger charge is 2.34. The Hall–Kier alpha value is -4.26. The van der Waals surface area contributed by atoms with E-state index in [2.05, 4.69) is 27.1 Å². The van der Waals surface area contributed by atoms with Gasteiger partial charge in [-0.3, -0.25) is 19.6 Å². The second-order valence-corrected chi connectivity index (χ2v) is 8.78. The molecule has 1 fully saturated rings. The maximum absolute atomic E-state index is 13.2. The highest BCUT2D eigenvalue weighted by atomic mass is 16.5. The monoisotopic (exact) mass is 484 g/mol. The van der Waals surface area contributed by atoms with Gasteiger partial charge in [0.2, 0.25) is 0 Å². The van der Waals surface area contributed by atoms with Crippen LogP contribution in [0.5, 0.6) is 5.75 Å². The molecule has 36 heavy (non-hydrogen) atoms. The number of benzene rings is 1. The third-order valence-corrected chi connectivity index (χ3v) is 5.97. The van der Waals surface area contributed by atoms with E-state index in [9.17, 15) is 14.7 Å². The van der Waals surface area contributed by atoms with Crippen molar-refractivity contribution < 1.29 is 24.2 Å². The minimum absolute atomic E-state index is 0.0284. The third kappa shape index (κ3) is 5.05. The van der Waals surface area contributed by atoms with Crippen LogP contribution >= 0.6 is 0 Å². The van der Waals surface area contributed by atoms with Crippen LogP contribution in [0.2, 0.25) is 0 Å². The van der Waals surface area contributed by atoms with Crippen molar-refractivity contribution in [3.05, 3.63) is 83.4 Å². The van der Waals surface area contributed by atoms with Gasteiger partial charge in [0, 0.05) is 31.2 Å². The van der Waals surface area contributed by atoms with Crippen LogP contribution in [0.1, 0.15) is 27.2 Å². The van der Waals surface area contributed by atoms with E-state index in [1.165, 1.54) is 4.90 Å². The first-order valence-electron chi connectivity index (χ1n) is 11.4. The molecule has 182 valence electrons. The number of nitrogens with zero attached hydrogens (tertiary/aromatic N) is 3. The number of carbonyl (C=O) groups excluding carboxylic acids is 2. The van der Waals surface area contributed by atoms with Crippen molar-refractivity contribution in [1.29, 1.82) is 0 Å². The second kappa shape index (κ2) is 9.77. The fraction of sp³-hybridized carbons (Fsp3) is 0.259. The highest BCUT2D eigenvalue weighted by molar-refractivity contribution is 6.03. The summed E-state index contributed by atoms with van der Waals surface area (Å²) in [6, 6.07) is 11.7. The molecular formula is C27H24N4O5. The van der Waals surface area contributed by atoms with Gasteiger partial charge >= 0.3 is 0 Å². The number of hydrogen-bond donors (Lipinski definition) is 2. The van der Waals surface area contributed by atoms with Gasteiger partial charge < -0.3 is 24.8 Å². The molecule has 0 aliphatic carbocycles. The van der Waals surface area contributed by atoms with Crippen molar-refractivity contribution >= 4 is 17.5 Å². The van der Waals surface area contributed by atoms with Crippen molar-refractivity contribution in [3.8, 4) is 17.6 Å². The van der Waals surface area contributed by atoms with Crippen molar-refractivity contribution in [2.75, 3.05) is 31.8 Å². The molecule has 4 heterocycles. The zero-order valence-corrected chi connectivity index (χ0v) is 19.6. The van der Waals surface area contributed by atoms with E-state index in [1.54, 1.807) is 49.9 Å². The van der Waals surface area contributed by atoms with Crippen LogP contribution in [0.25, 0.3) is 0 Å². The molecule has 9 nitrogen and oxygen atoms in total. The fourth-order valence-electron chi connectivity index (χ4n) is 3.91. The number of likely N-dealkylation sites (N-methyl/N-ethyl adjacent to an activating group) is 1. The Morgan fingerprint density at radius 2 is 2.08 bits per heavy atom. The molecule has 1 unspecified atom stereocenters. The molecule has 0 bridgehead atoms. The number of nitrogens with one attached hydrogen (secondary N) is 1. The highest BCUT2D eigenvalue weighted by Crippen LogP contribution is 2.31. The van der Waals surface area contributed by atoms with Crippen LogP contribution in [-0.4, -0.2) is 65.4 Å². The van der Waals surface area contributed by atoms with Gasteiger partial charge in [-0.05, 0) is 53.9 Å². The summed E-state index contributed by atoms with van der Waals surface area (Å²) in [4.78, 5) is 35.9. The molecule has 1 atom stereocenters. The number of anilines is 1. The summed E-state index contributed by atoms with van der Waals surface area (Å²) in [5, 5.41) is 12.9. The Labute approximate surface area is 208 Å². The van der Waals surface area contributed by atoms with E-state index in [0.717, 1.165) is 11.1 Å². The lowest BCUT2D eigenvalue weighted by molar-refractivity contribution is -0.140. The van der Waals surface area contributed by atoms with Crippen LogP contribution in [0.4, 0.5) is 5.69 Å². The van der Waals surface area contributed by atoms with Crippen LogP contribution < -0.4 is 15.0 Å². The maximum atomic E-state index is 13.2. The van der Waals surface area contributed by atoms with E-state index in [1.807, 2.05) is 18.2 Å². The molecule has 2 N–H and O–H groups in total. The molecule has 3 aromatic rings. The largest absolute Gasteiger partial charge is 0.489 e. The zero-order chi connectivity index (χ0) is 25.1. The maximum Gasteiger partial charge on any atom is 0.270 e. The lowest BCUT2D eigenvalue weighted by Gasteiger charge is -2.30. The Morgan fingerprint density at radius 3 is 2.83 bits per heavy atom. The standard InChI is InChI=1S/C27H24N4O5/c1-31-23-13-18(6-8-27(34)16-35-17-27)4-5-24(23)36-15-22(26(31)33)30-25(32)21-12-19(7-10-29-21)11-20-3-2-9-28-14-20/h2-5,7,9-10,12-14,22,34H,11,15-17H2,1H3,(H,30,32). The normalized spacial score (nSPS) is 18.0. The minimum Gasteiger partial charge on any atom is -0.489 e. The number of amides is 2. The summed E-state index contributed by atoms with van der Waals surface area (Å²) < 4.78 is 10.9. The smallest absolute Gasteiger partial charge is 0.270 e. The zero-order valence-electron chi connectivity index (χ0n) is 19.6. The Morgan fingerprint density at radius 1 is 1.22 bits per heavy atom. The van der Waals surface area contributed by atoms with Crippen LogP contribution in [0.15, 0.2) is 61.1 Å². The quantitative estimate of drug-likeness (QED) is 0.537. The van der Waals surface area contributed by atoms with Gasteiger partial charge in [0.15, 0.2) is 5.60 Å². The summed E-state index contributed by atoms with van der Waals surface area (Å²) in [5.74, 6) is 5.43. The fourth-order valence-corrected chi connectivity index (χ4v) is 3.91. The first-order chi connectivity index (χ1) is 17.4. The summed E-state index contributed by atoms with van der Waals surface area (Å²) >= 11 is 0. The molecule has 1 saturated heterocycles. The first kappa shape index (κ1) is 23.5. The van der Waals surface area contributed by atoms with Gasteiger partial charge in [-0.25, -0.2) is 0 Å². The van der Waals surface area contributed by atoms with Crippen molar-refractivity contribution in [1.82, 2.24) is 15.3 Å². The number of pyridine rings is 2. The van der Waals surface area contributed by atoms with Crippen molar-refractivity contribution in [3.63, 3.8) is 0 Å². The van der Waals surface area contributed by atoms with E-state index < -0.39 is 17.6 Å². The molecule has 2 aliphatic rings. The molecule has 9 heteroatoms. The number of hydrogen-bond acceptors (Lipinski definition) is 7. The molecule has 0 spiro atoms. The third-order valence-electron chi connectivity index (χ3n) is 5.97. The molecule has 2 aliphatic heterocycles. The molecular weight excluding hydrogens is 460 g/mol. The average Bonchev–Trinajstić information content (AvgIpc) is 2.99. The number of carbonyl (C=O) groups is 2. The average molecular weight is 485 g/mol. The number of aliphatic hydroxyl groups is 1. The first-order valence-corrected chi connectivity index (χ1v) is 11.4. The van der Waals surface area contributed by atoms with Gasteiger partial charge in [0.1, 0.15) is 24.1 Å². The van der Waals surface area contributed by atoms with Gasteiger partial charge in [0.25, 0.3) is 11.8 Å². The molecule has 0 radical (unpaired) electrons. The predicted molar refractivity (Wildman–Crippen MR) is 131 cm³/mol. The molecule has 1 aromatic carbocycles. The summed E-state index contributed by atoms with van der Waals surface area (Å²) in [6.07, 6.45) is 5.66. The molecule has 0 saturated carbocycles. The molecule has 2 amide bonds. The topological polar surface area (TPSA) is 114 Å². The van der Waals surface area contributed by atoms with Crippen LogP contribution in [0, 0.1) is 11.8 Å². The Balaban J connectivity index is 1.29. The predicted octanol–water partition coefficient (Wildman–Crippen LogP) is 1.33. The van der Waals surface area contributed by atoms with Crippen molar-refractivity contribution in [2.45, 2.75) is 18.1 Å². The summed E-state index contributed by atoms with van der Waals surface area (Å²) in [7, 11) is 1.62. The van der Waals surface area contributed by atoms with Gasteiger partial charge in [-0.15, -0.1) is 0 Å². The van der Waals surface area contributed by atoms with Crippen LogP contribution in [-0.2, 0) is 16.0 Å². The summed E-state index contributed by atoms with van der Waals surface area (Å²) in [6.45, 7) is 0.323. The van der Waals surface area contributed by atoms with Gasteiger partial charge in [0.05, 0.1) is 18.9 Å². The molecule has 5 rings (SSSR count). The number of aromatic nitrogens is 2. The summed E-state index contributed by atoms with van der Waals surface area (Å²) in [5.41, 5.74) is 2.14. The van der Waals surface area contributed by atoms with E-state index in [0.29, 0.717) is 23.4 Å². The minimum atomic E-state index is -1.14. The number of ether oxygens (including phenoxy) is 2. The second-order valence-electron chi connectivity index (χ2n) is 8.78. The SMILES string of the molecule is CN1C(=O)C(NC(=O)c2cc(Cc3cccnc3)ccn2)COc2ccc(C#CC3(O)COC3)cc21. The van der Waals surface area contributed by atoms with E-state index >= 15 is 0 Å². The van der Waals surface area contributed by atoms with E-state index in [4.69, 9.17) is 9.47 Å². The lowest BCUT2D eigenvalue weighted by Crippen LogP contribution is -2.49. The Kier molecular flexibility index (Phi) is 6.38. The van der Waals surface area contributed by atoms with E-state index in [-0.39, 0.29) is 31.4 Å². The van der Waals surface area contributed by atoms with Gasteiger partial charge in [-0.1, -0.05) is 17.9 Å². The number of fused-ring (bicyclic) bond motifs is 1. The lowest BCUT2D eigenvalue weighted by atomic mass is 10.0. The van der Waals surface area contributed by atoms with Crippen LogP contribution in [0.3, 0.4) is 0 Å². The van der Waals surface area contributed by atoms with Crippen molar-refractivity contribution in [2.24, 2.45) is 0 Å². The Bertz CT molecular complexity index is 1360.